The van der Waals surface area contributed by atoms with Crippen molar-refractivity contribution in [2.45, 2.75) is 48.0 Å². The molecule has 0 spiro atoms. The molecule has 0 radical (unpaired) electrons. The van der Waals surface area contributed by atoms with Gasteiger partial charge in [0.25, 0.3) is 0 Å². The molecular weight excluding hydrogens is 332 g/mol. The van der Waals surface area contributed by atoms with Crippen LogP contribution in [0.1, 0.15) is 48.0 Å². The molecule has 2 rings (SSSR count). The van der Waals surface area contributed by atoms with E-state index in [1.165, 1.54) is 13.8 Å². The van der Waals surface area contributed by atoms with Crippen LogP contribution in [0.15, 0.2) is 44.6 Å². The first-order valence-corrected chi connectivity index (χ1v) is 8.45. The summed E-state index contributed by atoms with van der Waals surface area (Å²) in [6.45, 7) is 9.35. The largest absolute Gasteiger partial charge is 0.303 e. The third kappa shape index (κ3) is 2.77. The van der Waals surface area contributed by atoms with Gasteiger partial charge in [-0.25, -0.2) is 0 Å². The Morgan fingerprint density at radius 2 is 0.885 bits per heavy atom. The van der Waals surface area contributed by atoms with Crippen LogP contribution < -0.4 is 0 Å². The SMILES string of the molecule is CC1=C(C)C(=O)C(C(CC=O)C2=C(C)C(=O)C(C)=C(C)C2=O)=C(C)C1=O. The molecule has 2 aliphatic carbocycles. The van der Waals surface area contributed by atoms with Crippen molar-refractivity contribution in [2.24, 2.45) is 5.92 Å². The predicted octanol–water partition coefficient (Wildman–Crippen LogP) is 2.80. The number of Topliss-reactive ketones (excluding diaryl/α,β-unsaturated/α-hetero) is 4. The van der Waals surface area contributed by atoms with Crippen LogP contribution in [0.3, 0.4) is 0 Å². The van der Waals surface area contributed by atoms with Crippen molar-refractivity contribution in [3.8, 4) is 0 Å². The maximum atomic E-state index is 12.9. The van der Waals surface area contributed by atoms with Crippen LogP contribution >= 0.6 is 0 Å². The smallest absolute Gasteiger partial charge is 0.186 e. The molecule has 0 aliphatic heterocycles. The Balaban J connectivity index is 2.74. The summed E-state index contributed by atoms with van der Waals surface area (Å²) >= 11 is 0. The molecule has 0 aromatic rings. The van der Waals surface area contributed by atoms with E-state index in [0.29, 0.717) is 28.6 Å². The maximum absolute atomic E-state index is 12.9. The number of hydrogen-bond donors (Lipinski definition) is 0. The third-order valence-electron chi connectivity index (χ3n) is 5.49. The van der Waals surface area contributed by atoms with Gasteiger partial charge in [0.05, 0.1) is 0 Å². The van der Waals surface area contributed by atoms with Crippen molar-refractivity contribution in [3.05, 3.63) is 44.6 Å². The van der Waals surface area contributed by atoms with E-state index in [2.05, 4.69) is 0 Å². The summed E-state index contributed by atoms with van der Waals surface area (Å²) < 4.78 is 0. The van der Waals surface area contributed by atoms with E-state index < -0.39 is 5.92 Å². The van der Waals surface area contributed by atoms with E-state index in [1.807, 2.05) is 0 Å². The van der Waals surface area contributed by atoms with Crippen LogP contribution in [-0.4, -0.2) is 29.4 Å². The Hall–Kier alpha value is -2.69. The normalized spacial score (nSPS) is 19.5. The van der Waals surface area contributed by atoms with Crippen molar-refractivity contribution in [1.82, 2.24) is 0 Å². The number of carbonyl (C=O) groups excluding carboxylic acids is 5. The molecule has 0 aromatic heterocycles. The van der Waals surface area contributed by atoms with Gasteiger partial charge in [0, 0.05) is 56.9 Å². The van der Waals surface area contributed by atoms with Crippen molar-refractivity contribution >= 4 is 29.4 Å². The highest BCUT2D eigenvalue weighted by atomic mass is 16.1. The Bertz CT molecular complexity index is 833. The van der Waals surface area contributed by atoms with Gasteiger partial charge in [-0.05, 0) is 41.5 Å². The fraction of sp³-hybridized carbons (Fsp3) is 0.381. The number of hydrogen-bond acceptors (Lipinski definition) is 5. The molecule has 5 nitrogen and oxygen atoms in total. The van der Waals surface area contributed by atoms with E-state index in [9.17, 15) is 24.0 Å². The molecule has 136 valence electrons. The van der Waals surface area contributed by atoms with Gasteiger partial charge in [0.1, 0.15) is 6.29 Å². The number of rotatable bonds is 4. The van der Waals surface area contributed by atoms with Gasteiger partial charge in [-0.2, -0.15) is 0 Å². The average molecular weight is 354 g/mol. The van der Waals surface area contributed by atoms with Crippen molar-refractivity contribution in [1.29, 1.82) is 0 Å². The van der Waals surface area contributed by atoms with Gasteiger partial charge in [0.15, 0.2) is 23.1 Å². The summed E-state index contributed by atoms with van der Waals surface area (Å²) in [5.41, 5.74) is 2.10. The minimum Gasteiger partial charge on any atom is -0.303 e. The molecule has 26 heavy (non-hydrogen) atoms. The molecule has 0 atom stereocenters. The lowest BCUT2D eigenvalue weighted by molar-refractivity contribution is -0.118. The lowest BCUT2D eigenvalue weighted by Crippen LogP contribution is -2.32. The lowest BCUT2D eigenvalue weighted by Gasteiger charge is -2.29. The fourth-order valence-corrected chi connectivity index (χ4v) is 3.55. The van der Waals surface area contributed by atoms with Gasteiger partial charge in [-0.1, -0.05) is 0 Å². The third-order valence-corrected chi connectivity index (χ3v) is 5.49. The Kier molecular flexibility index (Phi) is 5.21. The van der Waals surface area contributed by atoms with Crippen LogP contribution in [-0.2, 0) is 24.0 Å². The minimum absolute atomic E-state index is 0.143. The molecular formula is C21H22O5. The Labute approximate surface area is 152 Å². The van der Waals surface area contributed by atoms with Gasteiger partial charge in [0.2, 0.25) is 0 Å². The first-order chi connectivity index (χ1) is 12.1. The molecule has 0 aromatic carbocycles. The highest BCUT2D eigenvalue weighted by molar-refractivity contribution is 6.28. The van der Waals surface area contributed by atoms with Crippen molar-refractivity contribution in [2.75, 3.05) is 0 Å². The highest BCUT2D eigenvalue weighted by Gasteiger charge is 2.39. The van der Waals surface area contributed by atoms with E-state index >= 15 is 0 Å². The standard InChI is InChI=1S/C21H22O5/c1-9-11(3)20(25)16(13(5)18(9)23)15(7-8-22)17-14(6)19(24)10(2)12(4)21(17)26/h8,15H,7H2,1-6H3. The molecule has 0 N–H and O–H groups in total. The molecule has 0 unspecified atom stereocenters. The summed E-state index contributed by atoms with van der Waals surface area (Å²) in [4.78, 5) is 62.1. The van der Waals surface area contributed by atoms with E-state index in [4.69, 9.17) is 0 Å². The molecule has 0 saturated heterocycles. The topological polar surface area (TPSA) is 85.3 Å². The quantitative estimate of drug-likeness (QED) is 0.572. The lowest BCUT2D eigenvalue weighted by atomic mass is 9.71. The minimum atomic E-state index is -0.897. The molecule has 0 saturated carbocycles. The number of carbonyl (C=O) groups is 5. The van der Waals surface area contributed by atoms with Crippen molar-refractivity contribution in [3.63, 3.8) is 0 Å². The molecule has 0 bridgehead atoms. The predicted molar refractivity (Wildman–Crippen MR) is 96.3 cm³/mol. The summed E-state index contributed by atoms with van der Waals surface area (Å²) in [6.07, 6.45) is 0.470. The first-order valence-electron chi connectivity index (χ1n) is 8.45. The Morgan fingerprint density at radius 1 is 0.577 bits per heavy atom. The fourth-order valence-electron chi connectivity index (χ4n) is 3.55. The Morgan fingerprint density at radius 3 is 1.19 bits per heavy atom. The molecule has 0 fully saturated rings. The number of ketones is 4. The molecule has 2 aliphatic rings. The van der Waals surface area contributed by atoms with Crippen LogP contribution in [0.2, 0.25) is 0 Å². The summed E-state index contributed by atoms with van der Waals surface area (Å²) in [5, 5.41) is 0. The summed E-state index contributed by atoms with van der Waals surface area (Å²) in [6, 6.07) is 0. The van der Waals surface area contributed by atoms with Crippen molar-refractivity contribution < 1.29 is 24.0 Å². The number of allylic oxidation sites excluding steroid dienone is 8. The second-order valence-corrected chi connectivity index (χ2v) is 6.85. The van der Waals surface area contributed by atoms with Crippen LogP contribution in [0.25, 0.3) is 0 Å². The van der Waals surface area contributed by atoms with E-state index in [1.54, 1.807) is 27.7 Å². The molecule has 0 amide bonds. The molecule has 5 heteroatoms. The van der Waals surface area contributed by atoms with E-state index in [-0.39, 0.29) is 51.8 Å². The summed E-state index contributed by atoms with van der Waals surface area (Å²) in [7, 11) is 0. The zero-order valence-corrected chi connectivity index (χ0v) is 15.9. The van der Waals surface area contributed by atoms with Crippen LogP contribution in [0.5, 0.6) is 0 Å². The monoisotopic (exact) mass is 354 g/mol. The zero-order chi connectivity index (χ0) is 19.9. The van der Waals surface area contributed by atoms with Gasteiger partial charge in [-0.15, -0.1) is 0 Å². The highest BCUT2D eigenvalue weighted by Crippen LogP contribution is 2.38. The number of aldehydes is 1. The first kappa shape index (κ1) is 19.6. The summed E-state index contributed by atoms with van der Waals surface area (Å²) in [5.74, 6) is -2.15. The van der Waals surface area contributed by atoms with E-state index in [0.717, 1.165) is 0 Å². The second-order valence-electron chi connectivity index (χ2n) is 6.85. The van der Waals surface area contributed by atoms with Crippen LogP contribution in [0, 0.1) is 5.92 Å². The zero-order valence-electron chi connectivity index (χ0n) is 15.9. The molecule has 0 heterocycles. The van der Waals surface area contributed by atoms with Gasteiger partial charge >= 0.3 is 0 Å². The maximum Gasteiger partial charge on any atom is 0.186 e. The second kappa shape index (κ2) is 6.90. The van der Waals surface area contributed by atoms with Gasteiger partial charge < -0.3 is 4.79 Å². The van der Waals surface area contributed by atoms with Crippen LogP contribution in [0.4, 0.5) is 0 Å². The average Bonchev–Trinajstić information content (AvgIpc) is 2.61. The van der Waals surface area contributed by atoms with Gasteiger partial charge in [-0.3, -0.25) is 19.2 Å².